The number of amides is 2. The molecule has 126 valence electrons. The number of likely N-dealkylation sites (tertiary alicyclic amines) is 1. The van der Waals surface area contributed by atoms with Crippen LogP contribution in [0.4, 0.5) is 9.18 Å². The zero-order valence-corrected chi connectivity index (χ0v) is 13.7. The Balaban J connectivity index is 1.72. The van der Waals surface area contributed by atoms with Crippen molar-refractivity contribution in [2.24, 2.45) is 0 Å². The van der Waals surface area contributed by atoms with Gasteiger partial charge in [-0.1, -0.05) is 12.1 Å². The lowest BCUT2D eigenvalue weighted by molar-refractivity contribution is -0.0207. The number of carbonyl (C=O) groups excluding carboxylic acids is 1. The third-order valence-electron chi connectivity index (χ3n) is 4.62. The molecule has 23 heavy (non-hydrogen) atoms. The largest absolute Gasteiger partial charge is 0.374 e. The van der Waals surface area contributed by atoms with Crippen LogP contribution in [-0.2, 0) is 11.3 Å². The van der Waals surface area contributed by atoms with Gasteiger partial charge in [0.1, 0.15) is 5.82 Å². The molecule has 1 N–H and O–H groups in total. The van der Waals surface area contributed by atoms with Gasteiger partial charge in [0.05, 0.1) is 12.1 Å². The van der Waals surface area contributed by atoms with Crippen molar-refractivity contribution in [2.45, 2.75) is 37.6 Å². The molecule has 0 radical (unpaired) electrons. The second kappa shape index (κ2) is 6.84. The van der Waals surface area contributed by atoms with E-state index in [2.05, 4.69) is 10.2 Å². The van der Waals surface area contributed by atoms with Crippen molar-refractivity contribution in [2.75, 3.05) is 27.2 Å². The van der Waals surface area contributed by atoms with Gasteiger partial charge in [-0.15, -0.1) is 0 Å². The molecule has 2 aliphatic rings. The minimum atomic E-state index is -0.212. The van der Waals surface area contributed by atoms with Crippen LogP contribution in [-0.4, -0.2) is 61.3 Å². The number of rotatable bonds is 3. The van der Waals surface area contributed by atoms with Gasteiger partial charge in [-0.25, -0.2) is 9.18 Å². The van der Waals surface area contributed by atoms with Gasteiger partial charge >= 0.3 is 6.03 Å². The summed E-state index contributed by atoms with van der Waals surface area (Å²) < 4.78 is 19.3. The normalized spacial score (nSPS) is 27.5. The fourth-order valence-corrected chi connectivity index (χ4v) is 3.52. The van der Waals surface area contributed by atoms with Crippen molar-refractivity contribution >= 4 is 6.03 Å². The number of halogens is 1. The van der Waals surface area contributed by atoms with Crippen LogP contribution in [0.15, 0.2) is 24.3 Å². The standard InChI is InChI=1S/C17H24FN3O2/c1-20(2)17(22)19-14-11-21(15-7-4-8-23-16(14)15)10-12-5-3-6-13(18)9-12/h3,5-6,9,14-16H,4,7-8,10-11H2,1-2H3,(H,19,22)/t14-,15+,16+/m0/s1. The van der Waals surface area contributed by atoms with E-state index in [0.717, 1.165) is 31.6 Å². The Labute approximate surface area is 136 Å². The quantitative estimate of drug-likeness (QED) is 0.924. The predicted molar refractivity (Wildman–Crippen MR) is 85.6 cm³/mol. The molecule has 3 rings (SSSR count). The molecule has 2 aliphatic heterocycles. The molecule has 2 amide bonds. The number of urea groups is 1. The van der Waals surface area contributed by atoms with Crippen LogP contribution in [0.2, 0.25) is 0 Å². The highest BCUT2D eigenvalue weighted by Gasteiger charge is 2.44. The van der Waals surface area contributed by atoms with E-state index in [1.807, 2.05) is 6.07 Å². The zero-order valence-electron chi connectivity index (χ0n) is 13.7. The number of ether oxygens (including phenoxy) is 1. The van der Waals surface area contributed by atoms with Crippen LogP contribution in [0.5, 0.6) is 0 Å². The van der Waals surface area contributed by atoms with E-state index in [4.69, 9.17) is 4.74 Å². The third kappa shape index (κ3) is 3.64. The summed E-state index contributed by atoms with van der Waals surface area (Å²) in [5.41, 5.74) is 0.953. The van der Waals surface area contributed by atoms with Gasteiger partial charge in [-0.2, -0.15) is 0 Å². The van der Waals surface area contributed by atoms with E-state index in [1.165, 1.54) is 11.0 Å². The van der Waals surface area contributed by atoms with Gasteiger partial charge < -0.3 is 15.0 Å². The average Bonchev–Trinajstić information content (AvgIpc) is 2.85. The number of fused-ring (bicyclic) bond motifs is 1. The van der Waals surface area contributed by atoms with E-state index < -0.39 is 0 Å². The summed E-state index contributed by atoms with van der Waals surface area (Å²) in [6, 6.07) is 6.86. The number of benzene rings is 1. The molecule has 5 nitrogen and oxygen atoms in total. The number of hydrogen-bond donors (Lipinski definition) is 1. The second-order valence-corrected chi connectivity index (χ2v) is 6.55. The molecule has 6 heteroatoms. The highest BCUT2D eigenvalue weighted by Crippen LogP contribution is 2.30. The van der Waals surface area contributed by atoms with Gasteiger partial charge in [0.15, 0.2) is 0 Å². The lowest BCUT2D eigenvalue weighted by atomic mass is 10.0. The molecular weight excluding hydrogens is 297 g/mol. The maximum absolute atomic E-state index is 13.4. The summed E-state index contributed by atoms with van der Waals surface area (Å²) in [5, 5.41) is 3.05. The number of carbonyl (C=O) groups is 1. The van der Waals surface area contributed by atoms with E-state index in [9.17, 15) is 9.18 Å². The van der Waals surface area contributed by atoms with Crippen LogP contribution < -0.4 is 5.32 Å². The summed E-state index contributed by atoms with van der Waals surface area (Å²) in [4.78, 5) is 15.8. The Morgan fingerprint density at radius 3 is 3.04 bits per heavy atom. The van der Waals surface area contributed by atoms with Crippen LogP contribution in [0.25, 0.3) is 0 Å². The molecule has 2 saturated heterocycles. The summed E-state index contributed by atoms with van der Waals surface area (Å²) in [5.74, 6) is -0.212. The van der Waals surface area contributed by atoms with Crippen molar-refractivity contribution in [1.82, 2.24) is 15.1 Å². The highest BCUT2D eigenvalue weighted by atomic mass is 19.1. The number of nitrogens with zero attached hydrogens (tertiary/aromatic N) is 2. The molecule has 0 aromatic heterocycles. The van der Waals surface area contributed by atoms with Crippen molar-refractivity contribution in [1.29, 1.82) is 0 Å². The van der Waals surface area contributed by atoms with Gasteiger partial charge in [-0.05, 0) is 30.5 Å². The summed E-state index contributed by atoms with van der Waals surface area (Å²) >= 11 is 0. The molecule has 2 fully saturated rings. The van der Waals surface area contributed by atoms with Gasteiger partial charge in [0.2, 0.25) is 0 Å². The lowest BCUT2D eigenvalue weighted by Gasteiger charge is -2.32. The molecule has 0 bridgehead atoms. The molecule has 1 aromatic rings. The van der Waals surface area contributed by atoms with Crippen LogP contribution >= 0.6 is 0 Å². The molecular formula is C17H24FN3O2. The number of hydrogen-bond acceptors (Lipinski definition) is 3. The Bertz CT molecular complexity index is 567. The van der Waals surface area contributed by atoms with E-state index in [-0.39, 0.29) is 30.0 Å². The maximum Gasteiger partial charge on any atom is 0.317 e. The smallest absolute Gasteiger partial charge is 0.317 e. The van der Waals surface area contributed by atoms with Crippen LogP contribution in [0.3, 0.4) is 0 Å². The molecule has 0 aliphatic carbocycles. The molecule has 2 heterocycles. The summed E-state index contributed by atoms with van der Waals surface area (Å²) in [6.07, 6.45) is 2.09. The van der Waals surface area contributed by atoms with Crippen LogP contribution in [0, 0.1) is 5.82 Å². The second-order valence-electron chi connectivity index (χ2n) is 6.55. The first kappa shape index (κ1) is 16.2. The fraction of sp³-hybridized carbons (Fsp3) is 0.588. The summed E-state index contributed by atoms with van der Waals surface area (Å²) in [7, 11) is 3.46. The first-order chi connectivity index (χ1) is 11.0. The monoisotopic (exact) mass is 321 g/mol. The van der Waals surface area contributed by atoms with Gasteiger partial charge in [-0.3, -0.25) is 4.90 Å². The van der Waals surface area contributed by atoms with Gasteiger partial charge in [0, 0.05) is 39.8 Å². The first-order valence-corrected chi connectivity index (χ1v) is 8.12. The Hall–Kier alpha value is -1.66. The van der Waals surface area contributed by atoms with Crippen molar-refractivity contribution < 1.29 is 13.9 Å². The zero-order chi connectivity index (χ0) is 16.4. The molecule has 1 aromatic carbocycles. The molecule has 0 unspecified atom stereocenters. The topological polar surface area (TPSA) is 44.8 Å². The van der Waals surface area contributed by atoms with Gasteiger partial charge in [0.25, 0.3) is 0 Å². The van der Waals surface area contributed by atoms with Crippen molar-refractivity contribution in [3.05, 3.63) is 35.6 Å². The van der Waals surface area contributed by atoms with Crippen molar-refractivity contribution in [3.63, 3.8) is 0 Å². The molecule has 0 saturated carbocycles. The number of nitrogens with one attached hydrogen (secondary N) is 1. The lowest BCUT2D eigenvalue weighted by Crippen LogP contribution is -2.50. The Kier molecular flexibility index (Phi) is 4.82. The highest BCUT2D eigenvalue weighted by molar-refractivity contribution is 5.74. The minimum Gasteiger partial charge on any atom is -0.374 e. The molecule has 0 spiro atoms. The molecule has 3 atom stereocenters. The summed E-state index contributed by atoms with van der Waals surface area (Å²) in [6.45, 7) is 2.14. The van der Waals surface area contributed by atoms with Crippen LogP contribution in [0.1, 0.15) is 18.4 Å². The van der Waals surface area contributed by atoms with E-state index in [1.54, 1.807) is 26.2 Å². The predicted octanol–water partition coefficient (Wildman–Crippen LogP) is 1.83. The minimum absolute atomic E-state index is 0.0150. The SMILES string of the molecule is CN(C)C(=O)N[C@H]1CN(Cc2cccc(F)c2)[C@@H]2CCCO[C@H]12. The Morgan fingerprint density at radius 1 is 1.48 bits per heavy atom. The Morgan fingerprint density at radius 2 is 2.30 bits per heavy atom. The van der Waals surface area contributed by atoms with Crippen molar-refractivity contribution in [3.8, 4) is 0 Å². The maximum atomic E-state index is 13.4. The fourth-order valence-electron chi connectivity index (χ4n) is 3.52. The van der Waals surface area contributed by atoms with E-state index >= 15 is 0 Å². The third-order valence-corrected chi connectivity index (χ3v) is 4.62. The average molecular weight is 321 g/mol. The first-order valence-electron chi connectivity index (χ1n) is 8.12. The van der Waals surface area contributed by atoms with E-state index in [0.29, 0.717) is 6.54 Å².